The van der Waals surface area contributed by atoms with Crippen LogP contribution >= 0.6 is 0 Å². The fraction of sp³-hybridized carbons (Fsp3) is 0.312. The summed E-state index contributed by atoms with van der Waals surface area (Å²) in [5.74, 6) is 0.852. The number of pyridine rings is 1. The van der Waals surface area contributed by atoms with Gasteiger partial charge in [0, 0.05) is 55.8 Å². The van der Waals surface area contributed by atoms with Crippen molar-refractivity contribution in [1.29, 1.82) is 0 Å². The van der Waals surface area contributed by atoms with Crippen molar-refractivity contribution in [3.05, 3.63) is 42.1 Å². The maximum Gasteiger partial charge on any atom is 0.255 e. The van der Waals surface area contributed by atoms with Crippen LogP contribution in [0.2, 0.25) is 0 Å². The molecular formula is C16H17N7O. The molecule has 3 aromatic rings. The largest absolute Gasteiger partial charge is 0.352 e. The van der Waals surface area contributed by atoms with E-state index in [0.29, 0.717) is 24.3 Å². The van der Waals surface area contributed by atoms with Crippen LogP contribution in [0.25, 0.3) is 11.0 Å². The van der Waals surface area contributed by atoms with E-state index < -0.39 is 0 Å². The zero-order valence-electron chi connectivity index (χ0n) is 13.3. The second kappa shape index (κ2) is 5.88. The van der Waals surface area contributed by atoms with E-state index in [-0.39, 0.29) is 5.91 Å². The Morgan fingerprint density at radius 3 is 2.71 bits per heavy atom. The summed E-state index contributed by atoms with van der Waals surface area (Å²) >= 11 is 0. The number of anilines is 1. The summed E-state index contributed by atoms with van der Waals surface area (Å²) in [6.07, 6.45) is 6.68. The zero-order chi connectivity index (χ0) is 16.5. The number of amides is 1. The molecule has 0 radical (unpaired) electrons. The number of piperazine rings is 1. The van der Waals surface area contributed by atoms with E-state index in [1.807, 2.05) is 17.9 Å². The van der Waals surface area contributed by atoms with E-state index >= 15 is 0 Å². The number of aryl methyl sites for hydroxylation is 1. The third kappa shape index (κ3) is 2.55. The number of nitrogens with one attached hydrogen (secondary N) is 1. The van der Waals surface area contributed by atoms with Crippen molar-refractivity contribution in [3.8, 4) is 0 Å². The minimum atomic E-state index is 0.00351. The highest BCUT2D eigenvalue weighted by Crippen LogP contribution is 2.17. The number of fused-ring (bicyclic) bond motifs is 1. The quantitative estimate of drug-likeness (QED) is 0.757. The lowest BCUT2D eigenvalue weighted by molar-refractivity contribution is 0.0746. The maximum atomic E-state index is 12.7. The average Bonchev–Trinajstić information content (AvgIpc) is 3.02. The molecule has 1 N–H and O–H groups in total. The predicted octanol–water partition coefficient (Wildman–Crippen LogP) is 1.02. The summed E-state index contributed by atoms with van der Waals surface area (Å²) < 4.78 is 0. The van der Waals surface area contributed by atoms with Crippen LogP contribution in [0.4, 0.5) is 5.82 Å². The summed E-state index contributed by atoms with van der Waals surface area (Å²) in [5.41, 5.74) is 2.15. The van der Waals surface area contributed by atoms with E-state index in [4.69, 9.17) is 0 Å². The van der Waals surface area contributed by atoms with Crippen LogP contribution < -0.4 is 4.90 Å². The van der Waals surface area contributed by atoms with E-state index in [0.717, 1.165) is 30.0 Å². The summed E-state index contributed by atoms with van der Waals surface area (Å²) in [5, 5.41) is 7.87. The second-order valence-corrected chi connectivity index (χ2v) is 5.79. The molecule has 0 unspecified atom stereocenters. The molecule has 1 fully saturated rings. The molecule has 0 aromatic carbocycles. The van der Waals surface area contributed by atoms with Crippen molar-refractivity contribution in [3.63, 3.8) is 0 Å². The van der Waals surface area contributed by atoms with Gasteiger partial charge in [0.2, 0.25) is 0 Å². The van der Waals surface area contributed by atoms with Gasteiger partial charge < -0.3 is 9.80 Å². The summed E-state index contributed by atoms with van der Waals surface area (Å²) in [6, 6.07) is 1.86. The number of hydrogen-bond donors (Lipinski definition) is 1. The van der Waals surface area contributed by atoms with Crippen LogP contribution in [0, 0.1) is 6.92 Å². The Morgan fingerprint density at radius 1 is 1.12 bits per heavy atom. The molecule has 4 rings (SSSR count). The van der Waals surface area contributed by atoms with Gasteiger partial charge in [-0.25, -0.2) is 9.97 Å². The van der Waals surface area contributed by atoms with E-state index in [2.05, 4.69) is 30.0 Å². The molecule has 122 valence electrons. The van der Waals surface area contributed by atoms with Crippen molar-refractivity contribution >= 4 is 22.8 Å². The molecule has 1 aliphatic rings. The predicted molar refractivity (Wildman–Crippen MR) is 88.8 cm³/mol. The Labute approximate surface area is 138 Å². The fourth-order valence-corrected chi connectivity index (χ4v) is 2.91. The lowest BCUT2D eigenvalue weighted by Gasteiger charge is -2.35. The molecule has 3 aromatic heterocycles. The maximum absolute atomic E-state index is 12.7. The Kier molecular flexibility index (Phi) is 3.56. The van der Waals surface area contributed by atoms with Crippen LogP contribution in [0.1, 0.15) is 16.1 Å². The highest BCUT2D eigenvalue weighted by Gasteiger charge is 2.23. The summed E-state index contributed by atoms with van der Waals surface area (Å²) in [4.78, 5) is 29.4. The molecule has 0 aliphatic carbocycles. The van der Waals surface area contributed by atoms with E-state index in [1.54, 1.807) is 24.8 Å². The molecule has 1 aliphatic heterocycles. The van der Waals surface area contributed by atoms with Crippen molar-refractivity contribution in [2.24, 2.45) is 0 Å². The number of carbonyl (C=O) groups is 1. The summed E-state index contributed by atoms with van der Waals surface area (Å²) in [6.45, 7) is 4.70. The second-order valence-electron chi connectivity index (χ2n) is 5.79. The lowest BCUT2D eigenvalue weighted by Crippen LogP contribution is -2.49. The van der Waals surface area contributed by atoms with Crippen molar-refractivity contribution in [2.75, 3.05) is 31.1 Å². The Morgan fingerprint density at radius 2 is 1.96 bits per heavy atom. The van der Waals surface area contributed by atoms with Gasteiger partial charge >= 0.3 is 0 Å². The van der Waals surface area contributed by atoms with Gasteiger partial charge in [0.1, 0.15) is 5.82 Å². The number of aromatic amines is 1. The monoisotopic (exact) mass is 323 g/mol. The van der Waals surface area contributed by atoms with Gasteiger partial charge in [-0.3, -0.25) is 14.9 Å². The zero-order valence-corrected chi connectivity index (χ0v) is 13.3. The van der Waals surface area contributed by atoms with Crippen LogP contribution in [0.5, 0.6) is 0 Å². The third-order valence-corrected chi connectivity index (χ3v) is 4.29. The van der Waals surface area contributed by atoms with Gasteiger partial charge in [0.15, 0.2) is 5.65 Å². The number of rotatable bonds is 2. The molecule has 0 saturated carbocycles. The number of H-pyrrole nitrogens is 1. The average molecular weight is 323 g/mol. The molecule has 24 heavy (non-hydrogen) atoms. The van der Waals surface area contributed by atoms with E-state index in [9.17, 15) is 4.79 Å². The van der Waals surface area contributed by atoms with Crippen LogP contribution in [0.3, 0.4) is 0 Å². The topological polar surface area (TPSA) is 90.9 Å². The minimum absolute atomic E-state index is 0.00351. The molecule has 0 spiro atoms. The lowest BCUT2D eigenvalue weighted by atomic mass is 10.1. The standard InChI is InChI=1S/C16H17N7O/c1-11-13-8-12(9-19-15(13)21-20-11)16(24)23-6-4-22(5-7-23)14-10-17-2-3-18-14/h2-3,8-10H,4-7H2,1H3,(H,19,20,21). The van der Waals surface area contributed by atoms with Crippen LogP contribution in [-0.4, -0.2) is 62.1 Å². The minimum Gasteiger partial charge on any atom is -0.352 e. The normalized spacial score (nSPS) is 15.0. The Bertz CT molecular complexity index is 869. The van der Waals surface area contributed by atoms with E-state index in [1.165, 1.54) is 0 Å². The number of carbonyl (C=O) groups excluding carboxylic acids is 1. The molecule has 1 saturated heterocycles. The SMILES string of the molecule is Cc1[nH]nc2ncc(C(=O)N3CCN(c4cnccn4)CC3)cc12. The number of hydrogen-bond acceptors (Lipinski definition) is 6. The van der Waals surface area contributed by atoms with Crippen molar-refractivity contribution in [2.45, 2.75) is 6.92 Å². The fourth-order valence-electron chi connectivity index (χ4n) is 2.91. The van der Waals surface area contributed by atoms with Gasteiger partial charge in [-0.15, -0.1) is 0 Å². The highest BCUT2D eigenvalue weighted by atomic mass is 16.2. The Balaban J connectivity index is 1.48. The molecule has 8 heteroatoms. The smallest absolute Gasteiger partial charge is 0.255 e. The first-order valence-corrected chi connectivity index (χ1v) is 7.83. The number of nitrogens with zero attached hydrogens (tertiary/aromatic N) is 6. The summed E-state index contributed by atoms with van der Waals surface area (Å²) in [7, 11) is 0. The van der Waals surface area contributed by atoms with Gasteiger partial charge in [-0.2, -0.15) is 5.10 Å². The molecule has 8 nitrogen and oxygen atoms in total. The number of aromatic nitrogens is 5. The third-order valence-electron chi connectivity index (χ3n) is 4.29. The first kappa shape index (κ1) is 14.6. The molecule has 0 atom stereocenters. The van der Waals surface area contributed by atoms with Crippen molar-refractivity contribution in [1.82, 2.24) is 30.0 Å². The van der Waals surface area contributed by atoms with Gasteiger partial charge in [-0.1, -0.05) is 0 Å². The van der Waals surface area contributed by atoms with Crippen molar-refractivity contribution < 1.29 is 4.79 Å². The molecule has 1 amide bonds. The van der Waals surface area contributed by atoms with Gasteiger partial charge in [-0.05, 0) is 13.0 Å². The van der Waals surface area contributed by atoms with Crippen LogP contribution in [0.15, 0.2) is 30.9 Å². The molecule has 0 bridgehead atoms. The molecule has 4 heterocycles. The first-order valence-electron chi connectivity index (χ1n) is 7.83. The Hall–Kier alpha value is -3.03. The first-order chi connectivity index (χ1) is 11.7. The van der Waals surface area contributed by atoms with Crippen LogP contribution in [-0.2, 0) is 0 Å². The van der Waals surface area contributed by atoms with Gasteiger partial charge in [0.25, 0.3) is 5.91 Å². The molecular weight excluding hydrogens is 306 g/mol. The van der Waals surface area contributed by atoms with Gasteiger partial charge in [0.05, 0.1) is 11.8 Å². The highest BCUT2D eigenvalue weighted by molar-refractivity contribution is 5.97.